The summed E-state index contributed by atoms with van der Waals surface area (Å²) >= 11 is 9.34. The van der Waals surface area contributed by atoms with Gasteiger partial charge >= 0.3 is 0 Å². The van der Waals surface area contributed by atoms with Gasteiger partial charge in [0.2, 0.25) is 0 Å². The van der Waals surface area contributed by atoms with E-state index in [9.17, 15) is 0 Å². The third kappa shape index (κ3) is 3.26. The molecule has 0 aliphatic carbocycles. The van der Waals surface area contributed by atoms with Crippen molar-refractivity contribution in [2.24, 2.45) is 0 Å². The number of anilines is 1. The first-order valence-corrected chi connectivity index (χ1v) is 7.50. The average Bonchev–Trinajstić information content (AvgIpc) is 2.46. The first-order chi connectivity index (χ1) is 10.1. The number of benzene rings is 2. The van der Waals surface area contributed by atoms with E-state index in [1.807, 2.05) is 18.2 Å². The summed E-state index contributed by atoms with van der Waals surface area (Å²) in [6.45, 7) is 1.10. The summed E-state index contributed by atoms with van der Waals surface area (Å²) in [6.07, 6.45) is 0. The first-order valence-electron chi connectivity index (χ1n) is 6.33. The highest BCUT2D eigenvalue weighted by Gasteiger charge is 2.17. The van der Waals surface area contributed by atoms with Gasteiger partial charge in [-0.25, -0.2) is 0 Å². The minimum absolute atomic E-state index is 0.245. The van der Waals surface area contributed by atoms with Crippen LogP contribution in [0.5, 0.6) is 11.5 Å². The summed E-state index contributed by atoms with van der Waals surface area (Å²) in [6, 6.07) is 9.09. The molecule has 2 aromatic rings. The molecule has 0 atom stereocenters. The number of halogens is 2. The van der Waals surface area contributed by atoms with Crippen molar-refractivity contribution < 1.29 is 14.2 Å². The molecule has 21 heavy (non-hydrogen) atoms. The Morgan fingerprint density at radius 1 is 1.29 bits per heavy atom. The molecule has 1 aliphatic heterocycles. The van der Waals surface area contributed by atoms with Crippen LogP contribution in [0.2, 0.25) is 5.02 Å². The van der Waals surface area contributed by atoms with Crippen LogP contribution in [0.3, 0.4) is 0 Å². The molecule has 0 amide bonds. The van der Waals surface area contributed by atoms with E-state index >= 15 is 0 Å². The molecule has 3 rings (SSSR count). The number of nitrogen functional groups attached to an aromatic ring is 1. The third-order valence-corrected chi connectivity index (χ3v) is 3.94. The van der Waals surface area contributed by atoms with Crippen molar-refractivity contribution in [1.29, 1.82) is 0 Å². The maximum atomic E-state index is 5.91. The van der Waals surface area contributed by atoms with Gasteiger partial charge < -0.3 is 19.9 Å². The fraction of sp³-hybridized carbons (Fsp3) is 0.200. The van der Waals surface area contributed by atoms with E-state index in [1.54, 1.807) is 12.1 Å². The largest absolute Gasteiger partial charge is 0.488 e. The summed E-state index contributed by atoms with van der Waals surface area (Å²) in [5, 5.41) is 0.649. The van der Waals surface area contributed by atoms with Crippen LogP contribution in [0.25, 0.3) is 0 Å². The van der Waals surface area contributed by atoms with E-state index in [1.165, 1.54) is 0 Å². The molecule has 0 radical (unpaired) electrons. The highest BCUT2D eigenvalue weighted by molar-refractivity contribution is 9.10. The third-order valence-electron chi connectivity index (χ3n) is 3.09. The molecule has 0 aromatic heterocycles. The number of ether oxygens (including phenoxy) is 3. The van der Waals surface area contributed by atoms with E-state index in [-0.39, 0.29) is 6.79 Å². The summed E-state index contributed by atoms with van der Waals surface area (Å²) in [7, 11) is 0. The van der Waals surface area contributed by atoms with Crippen LogP contribution >= 0.6 is 27.5 Å². The molecule has 0 spiro atoms. The normalized spacial score (nSPS) is 13.4. The molecule has 1 aliphatic rings. The van der Waals surface area contributed by atoms with Crippen molar-refractivity contribution in [2.45, 2.75) is 13.2 Å². The summed E-state index contributed by atoms with van der Waals surface area (Å²) in [4.78, 5) is 0. The molecular weight excluding hydrogens is 358 g/mol. The lowest BCUT2D eigenvalue weighted by Crippen LogP contribution is -2.14. The SMILES string of the molecule is Nc1cc2c(c(COc3ccc(Cl)cc3Br)c1)OCOC2. The highest BCUT2D eigenvalue weighted by atomic mass is 79.9. The average molecular weight is 371 g/mol. The van der Waals surface area contributed by atoms with Crippen molar-refractivity contribution in [3.05, 3.63) is 51.0 Å². The summed E-state index contributed by atoms with van der Waals surface area (Å²) < 4.78 is 17.4. The first kappa shape index (κ1) is 14.5. The Hall–Kier alpha value is -1.43. The Morgan fingerprint density at radius 2 is 2.14 bits per heavy atom. The molecule has 2 aromatic carbocycles. The van der Waals surface area contributed by atoms with Crippen molar-refractivity contribution in [2.75, 3.05) is 12.5 Å². The number of fused-ring (bicyclic) bond motifs is 1. The molecule has 4 nitrogen and oxygen atoms in total. The Morgan fingerprint density at radius 3 is 2.95 bits per heavy atom. The van der Waals surface area contributed by atoms with Crippen molar-refractivity contribution >= 4 is 33.2 Å². The Kier molecular flexibility index (Phi) is 4.24. The van der Waals surface area contributed by atoms with Gasteiger partial charge in [-0.1, -0.05) is 11.6 Å². The van der Waals surface area contributed by atoms with Crippen LogP contribution in [-0.2, 0) is 18.0 Å². The van der Waals surface area contributed by atoms with Crippen molar-refractivity contribution in [3.63, 3.8) is 0 Å². The lowest BCUT2D eigenvalue weighted by atomic mass is 10.1. The zero-order valence-electron chi connectivity index (χ0n) is 11.1. The Balaban J connectivity index is 1.83. The fourth-order valence-corrected chi connectivity index (χ4v) is 2.98. The van der Waals surface area contributed by atoms with Gasteiger partial charge in [-0.2, -0.15) is 0 Å². The molecule has 110 valence electrons. The molecule has 1 heterocycles. The van der Waals surface area contributed by atoms with E-state index in [4.69, 9.17) is 31.5 Å². The van der Waals surface area contributed by atoms with Gasteiger partial charge in [-0.15, -0.1) is 0 Å². The molecule has 0 bridgehead atoms. The van der Waals surface area contributed by atoms with Crippen LogP contribution in [0.15, 0.2) is 34.8 Å². The second-order valence-corrected chi connectivity index (χ2v) is 5.93. The van der Waals surface area contributed by atoms with Gasteiger partial charge in [0.05, 0.1) is 11.1 Å². The number of rotatable bonds is 3. The standard InChI is InChI=1S/C15H13BrClNO3/c16-13-5-11(17)1-2-14(13)20-7-10-4-12(18)3-9-6-19-8-21-15(9)10/h1-5H,6-8,18H2. The van der Waals surface area contributed by atoms with Gasteiger partial charge in [0.25, 0.3) is 0 Å². The number of nitrogens with two attached hydrogens (primary N) is 1. The second-order valence-electron chi connectivity index (χ2n) is 4.64. The minimum Gasteiger partial charge on any atom is -0.488 e. The maximum Gasteiger partial charge on any atom is 0.189 e. The van der Waals surface area contributed by atoms with Crippen molar-refractivity contribution in [3.8, 4) is 11.5 Å². The Bertz CT molecular complexity index is 678. The van der Waals surface area contributed by atoms with Crippen LogP contribution in [-0.4, -0.2) is 6.79 Å². The quantitative estimate of drug-likeness (QED) is 0.825. The van der Waals surface area contributed by atoms with Gasteiger partial charge in [0.1, 0.15) is 18.1 Å². The molecule has 0 saturated heterocycles. The van der Waals surface area contributed by atoms with Gasteiger partial charge in [-0.05, 0) is 46.3 Å². The van der Waals surface area contributed by atoms with E-state index in [2.05, 4.69) is 15.9 Å². The topological polar surface area (TPSA) is 53.7 Å². The smallest absolute Gasteiger partial charge is 0.189 e. The Labute approximate surface area is 135 Å². The fourth-order valence-electron chi connectivity index (χ4n) is 2.18. The molecule has 0 saturated carbocycles. The molecule has 0 fully saturated rings. The predicted molar refractivity (Wildman–Crippen MR) is 84.6 cm³/mol. The van der Waals surface area contributed by atoms with Gasteiger partial charge in [0.15, 0.2) is 6.79 Å². The lowest BCUT2D eigenvalue weighted by Gasteiger charge is -2.21. The summed E-state index contributed by atoms with van der Waals surface area (Å²) in [5.41, 5.74) is 8.41. The maximum absolute atomic E-state index is 5.91. The molecule has 6 heteroatoms. The lowest BCUT2D eigenvalue weighted by molar-refractivity contribution is -0.0175. The van der Waals surface area contributed by atoms with Crippen LogP contribution < -0.4 is 15.2 Å². The van der Waals surface area contributed by atoms with E-state index in [0.717, 1.165) is 21.3 Å². The highest BCUT2D eigenvalue weighted by Crippen LogP contribution is 2.33. The second kappa shape index (κ2) is 6.13. The van der Waals surface area contributed by atoms with Crippen LogP contribution in [0.4, 0.5) is 5.69 Å². The zero-order chi connectivity index (χ0) is 14.8. The van der Waals surface area contributed by atoms with Gasteiger partial charge in [-0.3, -0.25) is 0 Å². The molecular formula is C15H13BrClNO3. The molecule has 2 N–H and O–H groups in total. The predicted octanol–water partition coefficient (Wildman–Crippen LogP) is 4.13. The monoisotopic (exact) mass is 369 g/mol. The van der Waals surface area contributed by atoms with Crippen LogP contribution in [0, 0.1) is 0 Å². The summed E-state index contributed by atoms with van der Waals surface area (Å²) in [5.74, 6) is 1.50. The van der Waals surface area contributed by atoms with Gasteiger partial charge in [0, 0.05) is 21.8 Å². The molecule has 0 unspecified atom stereocenters. The van der Waals surface area contributed by atoms with Crippen LogP contribution in [0.1, 0.15) is 11.1 Å². The van der Waals surface area contributed by atoms with E-state index < -0.39 is 0 Å². The van der Waals surface area contributed by atoms with Crippen molar-refractivity contribution in [1.82, 2.24) is 0 Å². The van der Waals surface area contributed by atoms with E-state index in [0.29, 0.717) is 29.7 Å². The minimum atomic E-state index is 0.245. The zero-order valence-corrected chi connectivity index (χ0v) is 13.4. The number of hydrogen-bond acceptors (Lipinski definition) is 4. The number of hydrogen-bond donors (Lipinski definition) is 1.